The van der Waals surface area contributed by atoms with E-state index in [0.717, 1.165) is 0 Å². The van der Waals surface area contributed by atoms with Crippen molar-refractivity contribution in [2.24, 2.45) is 0 Å². The molecule has 0 aliphatic heterocycles. The van der Waals surface area contributed by atoms with Crippen molar-refractivity contribution in [3.8, 4) is 0 Å². The van der Waals surface area contributed by atoms with Crippen molar-refractivity contribution in [3.63, 3.8) is 0 Å². The molecule has 23 heavy (non-hydrogen) atoms. The summed E-state index contributed by atoms with van der Waals surface area (Å²) in [4.78, 5) is 32.6. The zero-order chi connectivity index (χ0) is 16.8. The third-order valence-electron chi connectivity index (χ3n) is 3.34. The van der Waals surface area contributed by atoms with Gasteiger partial charge in [0.05, 0.1) is 4.92 Å². The highest BCUT2D eigenvalue weighted by Crippen LogP contribution is 2.29. The molecule has 8 nitrogen and oxygen atoms in total. The summed E-state index contributed by atoms with van der Waals surface area (Å²) in [6, 6.07) is 6.58. The Labute approximate surface area is 130 Å². The van der Waals surface area contributed by atoms with Crippen LogP contribution in [0.3, 0.4) is 0 Å². The minimum atomic E-state index is -0.998. The van der Waals surface area contributed by atoms with Gasteiger partial charge in [0.2, 0.25) is 0 Å². The summed E-state index contributed by atoms with van der Waals surface area (Å²) in [5, 5.41) is 23.1. The molecule has 0 amide bonds. The van der Waals surface area contributed by atoms with Crippen LogP contribution in [0.4, 0.5) is 11.4 Å². The number of hydrogen-bond donors (Lipinski definition) is 2. The van der Waals surface area contributed by atoms with Gasteiger partial charge in [0, 0.05) is 18.4 Å². The molecule has 0 atom stereocenters. The summed E-state index contributed by atoms with van der Waals surface area (Å²) in [6.45, 7) is 0.397. The summed E-state index contributed by atoms with van der Waals surface area (Å²) < 4.78 is 4.96. The molecule has 0 saturated carbocycles. The van der Waals surface area contributed by atoms with Crippen LogP contribution in [0.1, 0.15) is 25.7 Å². The third kappa shape index (κ3) is 4.06. The number of nitrogens with one attached hydrogen (secondary N) is 1. The molecule has 0 unspecified atom stereocenters. The van der Waals surface area contributed by atoms with Crippen molar-refractivity contribution in [1.29, 1.82) is 0 Å². The predicted octanol–water partition coefficient (Wildman–Crippen LogP) is 2.76. The average Bonchev–Trinajstić information content (AvgIpc) is 2.49. The topological polar surface area (TPSA) is 123 Å². The van der Waals surface area contributed by atoms with Crippen LogP contribution in [0.5, 0.6) is 0 Å². The van der Waals surface area contributed by atoms with Gasteiger partial charge in [-0.15, -0.1) is 0 Å². The molecule has 0 fully saturated rings. The molecule has 1 aromatic carbocycles. The number of rotatable bonds is 8. The van der Waals surface area contributed by atoms with Gasteiger partial charge in [-0.25, -0.2) is 4.79 Å². The first kappa shape index (κ1) is 16.5. The van der Waals surface area contributed by atoms with E-state index in [-0.39, 0.29) is 17.7 Å². The molecule has 2 aromatic rings. The molecular formula is C15H16N2O6. The number of anilines is 1. The maximum absolute atomic E-state index is 11.8. The molecule has 2 rings (SSSR count). The van der Waals surface area contributed by atoms with Gasteiger partial charge >= 0.3 is 17.3 Å². The van der Waals surface area contributed by atoms with Crippen LogP contribution in [-0.4, -0.2) is 22.5 Å². The Morgan fingerprint density at radius 3 is 2.70 bits per heavy atom. The molecule has 0 spiro atoms. The van der Waals surface area contributed by atoms with Gasteiger partial charge in [-0.3, -0.25) is 14.9 Å². The maximum atomic E-state index is 11.8. The van der Waals surface area contributed by atoms with Gasteiger partial charge in [-0.2, -0.15) is 0 Å². The van der Waals surface area contributed by atoms with Crippen molar-refractivity contribution in [3.05, 3.63) is 44.8 Å². The van der Waals surface area contributed by atoms with E-state index < -0.39 is 22.2 Å². The summed E-state index contributed by atoms with van der Waals surface area (Å²) in [7, 11) is 0. The highest BCUT2D eigenvalue weighted by atomic mass is 16.6. The van der Waals surface area contributed by atoms with Crippen LogP contribution in [0.25, 0.3) is 11.0 Å². The Hall–Kier alpha value is -2.90. The minimum Gasteiger partial charge on any atom is -0.481 e. The van der Waals surface area contributed by atoms with E-state index in [1.165, 1.54) is 0 Å². The van der Waals surface area contributed by atoms with E-state index in [1.54, 1.807) is 24.3 Å². The number of aliphatic carboxylic acids is 1. The second-order valence-corrected chi connectivity index (χ2v) is 5.00. The van der Waals surface area contributed by atoms with Crippen molar-refractivity contribution in [2.45, 2.75) is 25.7 Å². The molecule has 122 valence electrons. The number of carboxylic acid groups (broad SMARTS) is 1. The normalized spacial score (nSPS) is 10.6. The number of nitrogens with zero attached hydrogens (tertiary/aromatic N) is 1. The average molecular weight is 320 g/mol. The highest BCUT2D eigenvalue weighted by Gasteiger charge is 2.24. The molecule has 0 radical (unpaired) electrons. The lowest BCUT2D eigenvalue weighted by Gasteiger charge is -2.09. The Kier molecular flexibility index (Phi) is 5.29. The molecule has 8 heteroatoms. The summed E-state index contributed by atoms with van der Waals surface area (Å²) >= 11 is 0. The summed E-state index contributed by atoms with van der Waals surface area (Å²) in [6.07, 6.45) is 1.94. The fourth-order valence-electron chi connectivity index (χ4n) is 2.28. The molecule has 0 aliphatic rings. The molecular weight excluding hydrogens is 304 g/mol. The van der Waals surface area contributed by atoms with E-state index in [2.05, 4.69) is 5.32 Å². The first-order chi connectivity index (χ1) is 11.0. The van der Waals surface area contributed by atoms with Gasteiger partial charge in [0.1, 0.15) is 11.3 Å². The van der Waals surface area contributed by atoms with E-state index in [4.69, 9.17) is 9.52 Å². The monoisotopic (exact) mass is 320 g/mol. The lowest BCUT2D eigenvalue weighted by molar-refractivity contribution is -0.386. The lowest BCUT2D eigenvalue weighted by atomic mass is 10.1. The smallest absolute Gasteiger partial charge is 0.417 e. The second-order valence-electron chi connectivity index (χ2n) is 5.00. The standard InChI is InChI=1S/C15H16N2O6/c18-12(19)8-2-1-5-9-16-13-10-6-3-4-7-11(10)23-15(20)14(13)17(21)22/h3-4,6-7,16H,1-2,5,8-9H2,(H,18,19). The Balaban J connectivity index is 2.17. The number of nitro groups is 1. The third-order valence-corrected chi connectivity index (χ3v) is 3.34. The van der Waals surface area contributed by atoms with Crippen molar-refractivity contribution in [1.82, 2.24) is 0 Å². The fourth-order valence-corrected chi connectivity index (χ4v) is 2.28. The molecule has 1 heterocycles. The summed E-state index contributed by atoms with van der Waals surface area (Å²) in [5.41, 5.74) is -1.20. The molecule has 2 N–H and O–H groups in total. The van der Waals surface area contributed by atoms with E-state index >= 15 is 0 Å². The maximum Gasteiger partial charge on any atom is 0.417 e. The predicted molar refractivity (Wildman–Crippen MR) is 83.7 cm³/mol. The van der Waals surface area contributed by atoms with Gasteiger partial charge in [0.15, 0.2) is 0 Å². The number of hydrogen-bond acceptors (Lipinski definition) is 6. The molecule has 0 saturated heterocycles. The number of carboxylic acids is 1. The Bertz CT molecular complexity index is 783. The minimum absolute atomic E-state index is 0.0952. The SMILES string of the molecule is O=C(O)CCCCCNc1c([N+](=O)[O-])c(=O)oc2ccccc12. The number of benzene rings is 1. The van der Waals surface area contributed by atoms with Gasteiger partial charge in [-0.05, 0) is 25.0 Å². The first-order valence-corrected chi connectivity index (χ1v) is 7.16. The largest absolute Gasteiger partial charge is 0.481 e. The molecule has 0 bridgehead atoms. The second kappa shape index (κ2) is 7.39. The van der Waals surface area contributed by atoms with E-state index in [1.807, 2.05) is 0 Å². The summed E-state index contributed by atoms with van der Waals surface area (Å²) in [5.74, 6) is -0.847. The number of carbonyl (C=O) groups is 1. The van der Waals surface area contributed by atoms with Crippen molar-refractivity contribution >= 4 is 28.3 Å². The van der Waals surface area contributed by atoms with Crippen LogP contribution in [-0.2, 0) is 4.79 Å². The molecule has 1 aromatic heterocycles. The highest BCUT2D eigenvalue weighted by molar-refractivity contribution is 5.94. The van der Waals surface area contributed by atoms with Gasteiger partial charge < -0.3 is 14.8 Å². The number of fused-ring (bicyclic) bond motifs is 1. The number of unbranched alkanes of at least 4 members (excludes halogenated alkanes) is 2. The number of para-hydroxylation sites is 1. The fraction of sp³-hybridized carbons (Fsp3) is 0.333. The Morgan fingerprint density at radius 2 is 2.00 bits per heavy atom. The van der Waals surface area contributed by atoms with Crippen molar-refractivity contribution in [2.75, 3.05) is 11.9 Å². The van der Waals surface area contributed by atoms with Crippen LogP contribution in [0.2, 0.25) is 0 Å². The van der Waals surface area contributed by atoms with Crippen LogP contribution in [0.15, 0.2) is 33.5 Å². The van der Waals surface area contributed by atoms with Crippen LogP contribution in [0, 0.1) is 10.1 Å². The van der Waals surface area contributed by atoms with Gasteiger partial charge in [0.25, 0.3) is 0 Å². The first-order valence-electron chi connectivity index (χ1n) is 7.16. The van der Waals surface area contributed by atoms with E-state index in [0.29, 0.717) is 31.2 Å². The lowest BCUT2D eigenvalue weighted by Crippen LogP contribution is -2.13. The zero-order valence-corrected chi connectivity index (χ0v) is 12.3. The Morgan fingerprint density at radius 1 is 1.26 bits per heavy atom. The van der Waals surface area contributed by atoms with Crippen LogP contribution < -0.4 is 10.9 Å². The van der Waals surface area contributed by atoms with Crippen molar-refractivity contribution < 1.29 is 19.2 Å². The quantitative estimate of drug-likeness (QED) is 0.332. The molecule has 0 aliphatic carbocycles. The van der Waals surface area contributed by atoms with Crippen LogP contribution >= 0.6 is 0 Å². The zero-order valence-electron chi connectivity index (χ0n) is 12.3. The van der Waals surface area contributed by atoms with E-state index in [9.17, 15) is 19.7 Å². The van der Waals surface area contributed by atoms with Gasteiger partial charge in [-0.1, -0.05) is 18.6 Å².